The standard InChI is InChI=1S/C5H9NS.2C2H6/c1-3-6-5-7-4-2;2*1-2/h4-5H,2-3H2,1H3;2*1-2H3. The predicted molar refractivity (Wildman–Crippen MR) is 59.5 cm³/mol. The highest BCUT2D eigenvalue weighted by atomic mass is 32.2. The van der Waals surface area contributed by atoms with Gasteiger partial charge < -0.3 is 0 Å². The Morgan fingerprint density at radius 3 is 2.00 bits per heavy atom. The van der Waals surface area contributed by atoms with Gasteiger partial charge in [-0.25, -0.2) is 0 Å². The molecular formula is C9H21NS. The van der Waals surface area contributed by atoms with Crippen LogP contribution in [-0.2, 0) is 0 Å². The van der Waals surface area contributed by atoms with Crippen molar-refractivity contribution < 1.29 is 0 Å². The lowest BCUT2D eigenvalue weighted by atomic mass is 10.8. The van der Waals surface area contributed by atoms with Crippen molar-refractivity contribution in [1.29, 1.82) is 0 Å². The van der Waals surface area contributed by atoms with Crippen LogP contribution < -0.4 is 0 Å². The second kappa shape index (κ2) is 33.1. The van der Waals surface area contributed by atoms with Crippen LogP contribution in [0.5, 0.6) is 0 Å². The van der Waals surface area contributed by atoms with E-state index in [9.17, 15) is 0 Å². The third kappa shape index (κ3) is 41.6. The Balaban J connectivity index is -0.000000138. The van der Waals surface area contributed by atoms with Gasteiger partial charge >= 0.3 is 0 Å². The zero-order chi connectivity index (χ0) is 9.54. The van der Waals surface area contributed by atoms with Gasteiger partial charge in [0.05, 0.1) is 5.55 Å². The minimum Gasteiger partial charge on any atom is -0.286 e. The molecule has 0 unspecified atom stereocenters. The largest absolute Gasteiger partial charge is 0.286 e. The zero-order valence-electron chi connectivity index (χ0n) is 8.42. The topological polar surface area (TPSA) is 12.4 Å². The average molecular weight is 175 g/mol. The number of thioether (sulfide) groups is 1. The van der Waals surface area contributed by atoms with Gasteiger partial charge in [0.25, 0.3) is 0 Å². The molecule has 68 valence electrons. The lowest BCUT2D eigenvalue weighted by molar-refractivity contribution is 1.15. The molecule has 0 spiro atoms. The highest BCUT2D eigenvalue weighted by Gasteiger charge is 1.63. The second-order valence-corrected chi connectivity index (χ2v) is 1.72. The van der Waals surface area contributed by atoms with Gasteiger partial charge in [0.1, 0.15) is 0 Å². The van der Waals surface area contributed by atoms with Crippen LogP contribution in [0.15, 0.2) is 17.0 Å². The summed E-state index contributed by atoms with van der Waals surface area (Å²) in [7, 11) is 0. The highest BCUT2D eigenvalue weighted by Crippen LogP contribution is 1.91. The average Bonchev–Trinajstić information content (AvgIpc) is 2.13. The van der Waals surface area contributed by atoms with Gasteiger partial charge in [0.2, 0.25) is 0 Å². The Bertz CT molecular complexity index is 70.0. The summed E-state index contributed by atoms with van der Waals surface area (Å²) < 4.78 is 0. The van der Waals surface area contributed by atoms with Gasteiger partial charge in [-0.2, -0.15) is 0 Å². The minimum absolute atomic E-state index is 0.862. The molecule has 0 atom stereocenters. The molecule has 0 bridgehead atoms. The summed E-state index contributed by atoms with van der Waals surface area (Å²) in [5.74, 6) is 0. The molecule has 2 heteroatoms. The third-order valence-electron chi connectivity index (χ3n) is 0.414. The van der Waals surface area contributed by atoms with E-state index in [-0.39, 0.29) is 0 Å². The predicted octanol–water partition coefficient (Wildman–Crippen LogP) is 3.96. The van der Waals surface area contributed by atoms with E-state index in [1.54, 1.807) is 11.0 Å². The molecule has 0 aliphatic rings. The molecule has 0 aliphatic heterocycles. The monoisotopic (exact) mass is 175 g/mol. The van der Waals surface area contributed by atoms with Crippen LogP contribution in [0.3, 0.4) is 0 Å². The summed E-state index contributed by atoms with van der Waals surface area (Å²) >= 11 is 1.50. The quantitative estimate of drug-likeness (QED) is 0.467. The maximum absolute atomic E-state index is 3.93. The van der Waals surface area contributed by atoms with Crippen molar-refractivity contribution in [3.05, 3.63) is 12.0 Å². The van der Waals surface area contributed by atoms with Crippen LogP contribution >= 0.6 is 11.8 Å². The van der Waals surface area contributed by atoms with Crippen molar-refractivity contribution in [3.8, 4) is 0 Å². The van der Waals surface area contributed by atoms with Crippen LogP contribution in [0, 0.1) is 0 Å². The Kier molecular flexibility index (Phi) is 51.1. The highest BCUT2D eigenvalue weighted by molar-refractivity contribution is 8.14. The molecule has 0 aromatic carbocycles. The van der Waals surface area contributed by atoms with E-state index in [1.807, 2.05) is 34.6 Å². The lowest BCUT2D eigenvalue weighted by Crippen LogP contribution is -1.64. The normalized spacial score (nSPS) is 7.36. The van der Waals surface area contributed by atoms with Crippen molar-refractivity contribution in [2.24, 2.45) is 4.99 Å². The minimum atomic E-state index is 0.862. The smallest absolute Gasteiger partial charge is 0.0582 e. The molecule has 0 aromatic rings. The molecular weight excluding hydrogens is 154 g/mol. The molecule has 0 saturated heterocycles. The van der Waals surface area contributed by atoms with E-state index in [1.165, 1.54) is 11.8 Å². The Labute approximate surface area is 76.0 Å². The van der Waals surface area contributed by atoms with Crippen molar-refractivity contribution in [2.75, 3.05) is 6.54 Å². The van der Waals surface area contributed by atoms with Gasteiger partial charge in [0, 0.05) is 6.54 Å². The van der Waals surface area contributed by atoms with E-state index < -0.39 is 0 Å². The van der Waals surface area contributed by atoms with Crippen LogP contribution in [-0.4, -0.2) is 12.1 Å². The molecule has 1 nitrogen and oxygen atoms in total. The van der Waals surface area contributed by atoms with Crippen molar-refractivity contribution in [3.63, 3.8) is 0 Å². The maximum atomic E-state index is 3.93. The molecule has 0 saturated carbocycles. The zero-order valence-corrected chi connectivity index (χ0v) is 9.24. The van der Waals surface area contributed by atoms with E-state index in [2.05, 4.69) is 11.6 Å². The first-order valence-electron chi connectivity index (χ1n) is 4.16. The van der Waals surface area contributed by atoms with Crippen molar-refractivity contribution >= 4 is 17.3 Å². The first-order chi connectivity index (χ1) is 5.41. The summed E-state index contributed by atoms with van der Waals surface area (Å²) in [5.41, 5.74) is 1.78. The summed E-state index contributed by atoms with van der Waals surface area (Å²) in [5, 5.41) is 1.75. The fourth-order valence-corrected chi connectivity index (χ4v) is 0.482. The van der Waals surface area contributed by atoms with E-state index in [0.29, 0.717) is 0 Å². The molecule has 0 fully saturated rings. The summed E-state index contributed by atoms with van der Waals surface area (Å²) in [6.07, 6.45) is 0. The fourth-order valence-electron chi connectivity index (χ4n) is 0.161. The second-order valence-electron chi connectivity index (χ2n) is 0.907. The first-order valence-corrected chi connectivity index (χ1v) is 5.10. The molecule has 0 heterocycles. The molecule has 0 N–H and O–H groups in total. The number of hydrogen-bond acceptors (Lipinski definition) is 2. The summed E-state index contributed by atoms with van der Waals surface area (Å²) in [6.45, 7) is 14.4. The number of nitrogens with zero attached hydrogens (tertiary/aromatic N) is 1. The van der Waals surface area contributed by atoms with Crippen LogP contribution in [0.1, 0.15) is 34.6 Å². The van der Waals surface area contributed by atoms with E-state index in [0.717, 1.165) is 6.54 Å². The van der Waals surface area contributed by atoms with Gasteiger partial charge in [-0.05, 0) is 12.3 Å². The number of rotatable bonds is 3. The van der Waals surface area contributed by atoms with Gasteiger partial charge in [-0.3, -0.25) is 4.99 Å². The SMILES string of the molecule is C=CSC=NCC.CC.CC. The fraction of sp³-hybridized carbons (Fsp3) is 0.667. The Morgan fingerprint density at radius 2 is 1.73 bits per heavy atom. The summed E-state index contributed by atoms with van der Waals surface area (Å²) in [4.78, 5) is 3.93. The van der Waals surface area contributed by atoms with Crippen LogP contribution in [0.4, 0.5) is 0 Å². The Hall–Kier alpha value is -0.240. The molecule has 0 radical (unpaired) electrons. The molecule has 0 aromatic heterocycles. The van der Waals surface area contributed by atoms with Gasteiger partial charge in [-0.1, -0.05) is 46.0 Å². The number of aliphatic imine (C=N–C) groups is 1. The number of hydrogen-bond donors (Lipinski definition) is 0. The first kappa shape index (κ1) is 17.0. The molecule has 11 heavy (non-hydrogen) atoms. The molecule has 0 aliphatic carbocycles. The van der Waals surface area contributed by atoms with Crippen LogP contribution in [0.2, 0.25) is 0 Å². The third-order valence-corrected chi connectivity index (χ3v) is 0.877. The Morgan fingerprint density at radius 1 is 1.27 bits per heavy atom. The van der Waals surface area contributed by atoms with Crippen molar-refractivity contribution in [2.45, 2.75) is 34.6 Å². The lowest BCUT2D eigenvalue weighted by Gasteiger charge is -1.75. The maximum Gasteiger partial charge on any atom is 0.0582 e. The van der Waals surface area contributed by atoms with E-state index >= 15 is 0 Å². The molecule has 0 amide bonds. The molecule has 0 rings (SSSR count). The van der Waals surface area contributed by atoms with Gasteiger partial charge in [-0.15, -0.1) is 0 Å². The van der Waals surface area contributed by atoms with E-state index in [4.69, 9.17) is 0 Å². The van der Waals surface area contributed by atoms with Gasteiger partial charge in [0.15, 0.2) is 0 Å². The summed E-state index contributed by atoms with van der Waals surface area (Å²) in [6, 6.07) is 0. The van der Waals surface area contributed by atoms with Crippen LogP contribution in [0.25, 0.3) is 0 Å². The van der Waals surface area contributed by atoms with Crippen molar-refractivity contribution in [1.82, 2.24) is 0 Å².